The molecule has 2 aromatic heterocycles. The lowest BCUT2D eigenvalue weighted by Crippen LogP contribution is -2.34. The molecule has 0 bridgehead atoms. The lowest BCUT2D eigenvalue weighted by molar-refractivity contribution is -0.137. The standard InChI is InChI=1S/C23H22F3N5O3/c1-3-21(32)30-12-19(31-22(33)8-16(9-28-31)17-10-27-29(2)11-17)20(13-30)34-14-15-4-6-18(7-5-15)23(24,25)26/h3-11,19-20H,1,12-14H2,2H3. The van der Waals surface area contributed by atoms with Gasteiger partial charge >= 0.3 is 6.18 Å². The number of benzene rings is 1. The van der Waals surface area contributed by atoms with Gasteiger partial charge in [0.1, 0.15) is 6.04 Å². The Morgan fingerprint density at radius 2 is 1.88 bits per heavy atom. The molecule has 4 rings (SSSR count). The van der Waals surface area contributed by atoms with E-state index in [0.29, 0.717) is 11.1 Å². The maximum Gasteiger partial charge on any atom is 0.416 e. The number of alkyl halides is 3. The number of carbonyl (C=O) groups is 1. The van der Waals surface area contributed by atoms with Crippen LogP contribution in [-0.2, 0) is 29.4 Å². The molecule has 0 aliphatic carbocycles. The molecule has 178 valence electrons. The van der Waals surface area contributed by atoms with Crippen LogP contribution in [0.15, 0.2) is 66.4 Å². The molecule has 1 aliphatic heterocycles. The molecule has 34 heavy (non-hydrogen) atoms. The topological polar surface area (TPSA) is 82.2 Å². The van der Waals surface area contributed by atoms with Gasteiger partial charge in [-0.25, -0.2) is 4.68 Å². The molecule has 3 aromatic rings. The summed E-state index contributed by atoms with van der Waals surface area (Å²) in [4.78, 5) is 26.6. The molecule has 2 atom stereocenters. The van der Waals surface area contributed by atoms with Crippen LogP contribution in [0.1, 0.15) is 17.2 Å². The maximum atomic E-state index is 12.9. The van der Waals surface area contributed by atoms with Crippen molar-refractivity contribution >= 4 is 5.91 Å². The van der Waals surface area contributed by atoms with Crippen LogP contribution in [0.3, 0.4) is 0 Å². The number of carbonyl (C=O) groups excluding carboxylic acids is 1. The van der Waals surface area contributed by atoms with Crippen molar-refractivity contribution in [2.45, 2.75) is 24.9 Å². The second-order valence-electron chi connectivity index (χ2n) is 7.99. The molecule has 1 saturated heterocycles. The Hall–Kier alpha value is -3.73. The fourth-order valence-electron chi connectivity index (χ4n) is 3.85. The van der Waals surface area contributed by atoms with Gasteiger partial charge in [-0.05, 0) is 23.8 Å². The number of aryl methyl sites for hydroxylation is 1. The van der Waals surface area contributed by atoms with E-state index >= 15 is 0 Å². The minimum absolute atomic E-state index is 0.0118. The number of halogens is 3. The van der Waals surface area contributed by atoms with Crippen molar-refractivity contribution in [1.29, 1.82) is 0 Å². The van der Waals surface area contributed by atoms with Gasteiger partial charge in [0.15, 0.2) is 0 Å². The first-order valence-electron chi connectivity index (χ1n) is 10.4. The van der Waals surface area contributed by atoms with Crippen molar-refractivity contribution in [2.75, 3.05) is 13.1 Å². The van der Waals surface area contributed by atoms with Crippen LogP contribution in [0.4, 0.5) is 13.2 Å². The van der Waals surface area contributed by atoms with Crippen LogP contribution in [-0.4, -0.2) is 49.6 Å². The first kappa shape index (κ1) is 23.4. The minimum Gasteiger partial charge on any atom is -0.369 e. The first-order chi connectivity index (χ1) is 16.2. The van der Waals surface area contributed by atoms with Gasteiger partial charge in [-0.1, -0.05) is 18.7 Å². The molecule has 0 spiro atoms. The predicted octanol–water partition coefficient (Wildman–Crippen LogP) is 2.82. The Morgan fingerprint density at radius 1 is 1.18 bits per heavy atom. The third-order valence-corrected chi connectivity index (χ3v) is 5.65. The van der Waals surface area contributed by atoms with Crippen LogP contribution in [0.25, 0.3) is 11.1 Å². The van der Waals surface area contributed by atoms with Crippen LogP contribution in [0.5, 0.6) is 0 Å². The van der Waals surface area contributed by atoms with Gasteiger partial charge in [0, 0.05) is 43.5 Å². The third-order valence-electron chi connectivity index (χ3n) is 5.65. The number of likely N-dealkylation sites (tertiary alicyclic amines) is 1. The number of hydrogen-bond donors (Lipinski definition) is 0. The Labute approximate surface area is 192 Å². The van der Waals surface area contributed by atoms with E-state index in [1.165, 1.54) is 33.9 Å². The van der Waals surface area contributed by atoms with E-state index in [1.807, 2.05) is 0 Å². The number of nitrogens with zero attached hydrogens (tertiary/aromatic N) is 5. The SMILES string of the molecule is C=CC(=O)N1CC(OCc2ccc(C(F)(F)F)cc2)C(n2ncc(-c3cnn(C)c3)cc2=O)C1. The fourth-order valence-corrected chi connectivity index (χ4v) is 3.85. The van der Waals surface area contributed by atoms with E-state index in [-0.39, 0.29) is 31.2 Å². The van der Waals surface area contributed by atoms with Crippen molar-refractivity contribution in [1.82, 2.24) is 24.5 Å². The third kappa shape index (κ3) is 4.93. The minimum atomic E-state index is -4.42. The summed E-state index contributed by atoms with van der Waals surface area (Å²) in [6.45, 7) is 3.88. The normalized spacial score (nSPS) is 18.3. The van der Waals surface area contributed by atoms with Crippen molar-refractivity contribution < 1.29 is 22.7 Å². The number of rotatable bonds is 6. The van der Waals surface area contributed by atoms with Crippen molar-refractivity contribution in [3.05, 3.63) is 83.1 Å². The largest absolute Gasteiger partial charge is 0.416 e. The van der Waals surface area contributed by atoms with Crippen molar-refractivity contribution in [3.8, 4) is 11.1 Å². The van der Waals surface area contributed by atoms with E-state index in [9.17, 15) is 22.8 Å². The Kier molecular flexibility index (Phi) is 6.38. The first-order valence-corrected chi connectivity index (χ1v) is 10.4. The van der Waals surface area contributed by atoms with Crippen molar-refractivity contribution in [2.24, 2.45) is 7.05 Å². The highest BCUT2D eigenvalue weighted by molar-refractivity contribution is 5.87. The molecular weight excluding hydrogens is 451 g/mol. The maximum absolute atomic E-state index is 12.9. The van der Waals surface area contributed by atoms with E-state index in [4.69, 9.17) is 4.74 Å². The van der Waals surface area contributed by atoms with Crippen LogP contribution in [0, 0.1) is 0 Å². The quantitative estimate of drug-likeness (QED) is 0.515. The summed E-state index contributed by atoms with van der Waals surface area (Å²) in [5.74, 6) is -0.314. The second kappa shape index (κ2) is 9.26. The van der Waals surface area contributed by atoms with Gasteiger partial charge in [0.25, 0.3) is 5.56 Å². The monoisotopic (exact) mass is 473 g/mol. The Balaban J connectivity index is 1.55. The van der Waals surface area contributed by atoms with Gasteiger partial charge in [-0.15, -0.1) is 0 Å². The average molecular weight is 473 g/mol. The van der Waals surface area contributed by atoms with E-state index in [0.717, 1.165) is 17.7 Å². The Bertz CT molecular complexity index is 1250. The van der Waals surface area contributed by atoms with Gasteiger partial charge in [0.05, 0.1) is 30.7 Å². The summed E-state index contributed by atoms with van der Waals surface area (Å²) in [7, 11) is 1.76. The number of aromatic nitrogens is 4. The van der Waals surface area contributed by atoms with Gasteiger partial charge < -0.3 is 9.64 Å². The van der Waals surface area contributed by atoms with Gasteiger partial charge in [0.2, 0.25) is 5.91 Å². The fraction of sp³-hybridized carbons (Fsp3) is 0.304. The highest BCUT2D eigenvalue weighted by Crippen LogP contribution is 2.30. The number of amides is 1. The number of ether oxygens (including phenoxy) is 1. The summed E-state index contributed by atoms with van der Waals surface area (Å²) in [5.41, 5.74) is 0.759. The lowest BCUT2D eigenvalue weighted by Gasteiger charge is -2.20. The highest BCUT2D eigenvalue weighted by Gasteiger charge is 2.38. The molecule has 0 saturated carbocycles. The summed E-state index contributed by atoms with van der Waals surface area (Å²) in [5, 5.41) is 8.40. The summed E-state index contributed by atoms with van der Waals surface area (Å²) in [6, 6.07) is 5.52. The Morgan fingerprint density at radius 3 is 2.47 bits per heavy atom. The van der Waals surface area contributed by atoms with E-state index < -0.39 is 23.9 Å². The zero-order chi connectivity index (χ0) is 24.5. The highest BCUT2D eigenvalue weighted by atomic mass is 19.4. The van der Waals surface area contributed by atoms with Crippen LogP contribution in [0.2, 0.25) is 0 Å². The molecule has 1 aromatic carbocycles. The van der Waals surface area contributed by atoms with Crippen molar-refractivity contribution in [3.63, 3.8) is 0 Å². The van der Waals surface area contributed by atoms with E-state index in [1.54, 1.807) is 30.3 Å². The zero-order valence-corrected chi connectivity index (χ0v) is 18.3. The molecule has 0 N–H and O–H groups in total. The lowest BCUT2D eigenvalue weighted by atomic mass is 10.1. The van der Waals surface area contributed by atoms with Crippen LogP contribution < -0.4 is 5.56 Å². The number of hydrogen-bond acceptors (Lipinski definition) is 5. The van der Waals surface area contributed by atoms with E-state index in [2.05, 4.69) is 16.8 Å². The molecule has 1 aliphatic rings. The van der Waals surface area contributed by atoms with Gasteiger partial charge in [-0.2, -0.15) is 23.4 Å². The van der Waals surface area contributed by atoms with Crippen LogP contribution >= 0.6 is 0 Å². The second-order valence-corrected chi connectivity index (χ2v) is 7.99. The zero-order valence-electron chi connectivity index (χ0n) is 18.3. The molecule has 1 fully saturated rings. The molecule has 8 nitrogen and oxygen atoms in total. The smallest absolute Gasteiger partial charge is 0.369 e. The summed E-state index contributed by atoms with van der Waals surface area (Å²) in [6.07, 6.45) is 1.09. The summed E-state index contributed by atoms with van der Waals surface area (Å²) < 4.78 is 47.2. The molecule has 3 heterocycles. The molecule has 2 unspecified atom stereocenters. The predicted molar refractivity (Wildman–Crippen MR) is 117 cm³/mol. The average Bonchev–Trinajstić information content (AvgIpc) is 3.43. The molecular formula is C23H22F3N5O3. The molecule has 1 amide bonds. The van der Waals surface area contributed by atoms with Gasteiger partial charge in [-0.3, -0.25) is 14.3 Å². The summed E-state index contributed by atoms with van der Waals surface area (Å²) >= 11 is 0. The molecule has 0 radical (unpaired) electrons. The molecule has 11 heteroatoms.